The number of alkyl halides is 3. The number of hydrogen-bond acceptors (Lipinski definition) is 9. The van der Waals surface area contributed by atoms with Crippen LogP contribution in [0.2, 0.25) is 0 Å². The normalized spacial score (nSPS) is 16.0. The second-order valence-electron chi connectivity index (χ2n) is 7.48. The largest absolute Gasteiger partial charge is 0.405 e. The molecule has 1 fully saturated rings. The number of nitrogens with zero attached hydrogens (tertiary/aromatic N) is 6. The van der Waals surface area contributed by atoms with Gasteiger partial charge in [-0.05, 0) is 37.1 Å². The Morgan fingerprint density at radius 2 is 1.94 bits per heavy atom. The minimum absolute atomic E-state index is 0. The number of halogens is 4. The molecule has 3 aromatic rings. The summed E-state index contributed by atoms with van der Waals surface area (Å²) in [6.07, 6.45) is -2.99. The summed E-state index contributed by atoms with van der Waals surface area (Å²) < 4.78 is 53.1. The molecule has 1 aromatic carbocycles. The van der Waals surface area contributed by atoms with Crippen molar-refractivity contribution in [2.45, 2.75) is 25.1 Å². The molecule has 11 nitrogen and oxygen atoms in total. The smallest absolute Gasteiger partial charge is 0.399 e. The first kappa shape index (κ1) is 23.0. The van der Waals surface area contributed by atoms with Crippen LogP contribution in [0.5, 0.6) is 0 Å². The van der Waals surface area contributed by atoms with E-state index in [2.05, 4.69) is 25.4 Å². The third kappa shape index (κ3) is 5.07. The van der Waals surface area contributed by atoms with E-state index in [9.17, 15) is 22.4 Å². The van der Waals surface area contributed by atoms with Gasteiger partial charge in [0.2, 0.25) is 17.8 Å². The lowest BCUT2D eigenvalue weighted by atomic mass is 10.2. The minimum atomic E-state index is -4.56. The topological polar surface area (TPSA) is 153 Å². The number of nitrogen functional groups attached to an aromatic ring is 2. The summed E-state index contributed by atoms with van der Waals surface area (Å²) in [4.78, 5) is 25.7. The van der Waals surface area contributed by atoms with Gasteiger partial charge < -0.3 is 27.0 Å². The standard InChI is InChI=1S/C19H20F4N10O.6H2/c20-12-8-26-18(33-16(25)30-17(31-33)28-11-5-3-10(24)4-6-11)29-14(12)32-7-1-2-13(32)15(34)27-9-19(21,22)23;;;;;;/h3-6,8,13H,1-2,7,9,24H2,(H,27,34)(H3,25,28,30,31);6*1H. The number of hydrogen-bond donors (Lipinski definition) is 4. The van der Waals surface area contributed by atoms with Crippen molar-refractivity contribution in [1.29, 1.82) is 0 Å². The van der Waals surface area contributed by atoms with Crippen molar-refractivity contribution in [3.05, 3.63) is 36.3 Å². The first-order valence-corrected chi connectivity index (χ1v) is 10.1. The van der Waals surface area contributed by atoms with Crippen molar-refractivity contribution in [3.63, 3.8) is 0 Å². The molecule has 2 aromatic heterocycles. The van der Waals surface area contributed by atoms with Crippen LogP contribution in [0.4, 0.5) is 46.7 Å². The summed E-state index contributed by atoms with van der Waals surface area (Å²) in [7, 11) is 0. The zero-order valence-electron chi connectivity index (χ0n) is 17.6. The average molecular weight is 493 g/mol. The Morgan fingerprint density at radius 3 is 2.65 bits per heavy atom. The molecule has 0 radical (unpaired) electrons. The molecule has 1 atom stereocenters. The molecule has 0 spiro atoms. The number of carbonyl (C=O) groups excluding carboxylic acids is 1. The fourth-order valence-electron chi connectivity index (χ4n) is 3.47. The first-order chi connectivity index (χ1) is 16.1. The van der Waals surface area contributed by atoms with Gasteiger partial charge in [-0.25, -0.2) is 9.37 Å². The highest BCUT2D eigenvalue weighted by Gasteiger charge is 2.36. The van der Waals surface area contributed by atoms with Gasteiger partial charge in [-0.15, -0.1) is 5.10 Å². The maximum atomic E-state index is 14.6. The van der Waals surface area contributed by atoms with Crippen LogP contribution in [-0.2, 0) is 4.79 Å². The molecular formula is C19H32F4N10O. The van der Waals surface area contributed by atoms with Gasteiger partial charge in [-0.1, -0.05) is 0 Å². The van der Waals surface area contributed by atoms with Crippen LogP contribution in [0, 0.1) is 5.82 Å². The Morgan fingerprint density at radius 1 is 1.21 bits per heavy atom. The van der Waals surface area contributed by atoms with Crippen LogP contribution in [0.25, 0.3) is 5.95 Å². The van der Waals surface area contributed by atoms with Gasteiger partial charge in [-0.2, -0.15) is 27.8 Å². The summed E-state index contributed by atoms with van der Waals surface area (Å²) in [5.74, 6) is -2.09. The molecule has 0 saturated carbocycles. The highest BCUT2D eigenvalue weighted by molar-refractivity contribution is 5.85. The van der Waals surface area contributed by atoms with E-state index in [4.69, 9.17) is 11.5 Å². The number of aromatic nitrogens is 5. The van der Waals surface area contributed by atoms with E-state index in [1.807, 2.05) is 5.32 Å². The molecule has 4 rings (SSSR count). The maximum Gasteiger partial charge on any atom is 0.405 e. The quantitative estimate of drug-likeness (QED) is 0.300. The van der Waals surface area contributed by atoms with Gasteiger partial charge in [0.25, 0.3) is 5.95 Å². The zero-order valence-corrected chi connectivity index (χ0v) is 17.6. The lowest BCUT2D eigenvalue weighted by Gasteiger charge is -2.25. The number of anilines is 5. The molecule has 1 unspecified atom stereocenters. The first-order valence-electron chi connectivity index (χ1n) is 10.1. The Kier molecular flexibility index (Phi) is 6.08. The van der Waals surface area contributed by atoms with Gasteiger partial charge in [0.15, 0.2) is 11.6 Å². The highest BCUT2D eigenvalue weighted by Crippen LogP contribution is 2.27. The summed E-state index contributed by atoms with van der Waals surface area (Å²) in [6, 6.07) is 5.74. The molecule has 0 bridgehead atoms. The highest BCUT2D eigenvalue weighted by atomic mass is 19.4. The second-order valence-corrected chi connectivity index (χ2v) is 7.48. The van der Waals surface area contributed by atoms with E-state index < -0.39 is 30.5 Å². The number of amides is 1. The molecule has 1 amide bonds. The van der Waals surface area contributed by atoms with E-state index in [-0.39, 0.29) is 45.2 Å². The van der Waals surface area contributed by atoms with E-state index in [1.54, 1.807) is 24.3 Å². The van der Waals surface area contributed by atoms with Crippen molar-refractivity contribution in [2.24, 2.45) is 0 Å². The third-order valence-corrected chi connectivity index (χ3v) is 4.99. The van der Waals surface area contributed by atoms with E-state index in [0.29, 0.717) is 17.8 Å². The number of nitrogens with one attached hydrogen (secondary N) is 2. The molecule has 3 heterocycles. The third-order valence-electron chi connectivity index (χ3n) is 4.99. The molecule has 34 heavy (non-hydrogen) atoms. The molecule has 1 aliphatic heterocycles. The fraction of sp³-hybridized carbons (Fsp3) is 0.316. The van der Waals surface area contributed by atoms with Crippen LogP contribution in [0.1, 0.15) is 21.4 Å². The number of carbonyl (C=O) groups is 1. The van der Waals surface area contributed by atoms with Crippen LogP contribution in [0.15, 0.2) is 30.5 Å². The molecule has 1 saturated heterocycles. The molecule has 1 aliphatic rings. The monoisotopic (exact) mass is 492 g/mol. The molecule has 0 aliphatic carbocycles. The fourth-order valence-corrected chi connectivity index (χ4v) is 3.47. The van der Waals surface area contributed by atoms with Crippen molar-refractivity contribution < 1.29 is 30.9 Å². The van der Waals surface area contributed by atoms with E-state index in [0.717, 1.165) is 10.9 Å². The van der Waals surface area contributed by atoms with Gasteiger partial charge >= 0.3 is 6.18 Å². The average Bonchev–Trinajstić information content (AvgIpc) is 3.40. The van der Waals surface area contributed by atoms with Gasteiger partial charge in [0, 0.05) is 26.5 Å². The van der Waals surface area contributed by atoms with Gasteiger partial charge in [-0.3, -0.25) is 4.79 Å². The zero-order chi connectivity index (χ0) is 24.5. The summed E-state index contributed by atoms with van der Waals surface area (Å²) in [5.41, 5.74) is 12.8. The number of nitrogens with two attached hydrogens (primary N) is 2. The Bertz CT molecular complexity index is 1210. The van der Waals surface area contributed by atoms with Crippen LogP contribution in [0.3, 0.4) is 0 Å². The number of benzene rings is 1. The van der Waals surface area contributed by atoms with Gasteiger partial charge in [0.05, 0.1) is 6.20 Å². The van der Waals surface area contributed by atoms with Crippen molar-refractivity contribution in [2.75, 3.05) is 34.8 Å². The molecule has 6 N–H and O–H groups in total. The molecular weight excluding hydrogens is 460 g/mol. The van der Waals surface area contributed by atoms with Crippen LogP contribution >= 0.6 is 0 Å². The predicted molar refractivity (Wildman–Crippen MR) is 128 cm³/mol. The number of rotatable bonds is 6. The van der Waals surface area contributed by atoms with E-state index >= 15 is 0 Å². The lowest BCUT2D eigenvalue weighted by molar-refractivity contribution is -0.139. The second kappa shape index (κ2) is 8.99. The summed E-state index contributed by atoms with van der Waals surface area (Å²) >= 11 is 0. The van der Waals surface area contributed by atoms with E-state index in [1.165, 1.54) is 4.90 Å². The molecule has 15 heteroatoms. The Balaban J connectivity index is -0.00000228. The van der Waals surface area contributed by atoms with Crippen LogP contribution < -0.4 is 27.0 Å². The molecule has 192 valence electrons. The Hall–Kier alpha value is -4.17. The van der Waals surface area contributed by atoms with Gasteiger partial charge in [0.1, 0.15) is 12.6 Å². The van der Waals surface area contributed by atoms with Crippen LogP contribution in [-0.4, -0.2) is 55.9 Å². The minimum Gasteiger partial charge on any atom is -0.399 e. The SMILES string of the molecule is Nc1ccc(Nc2nc(N)n(-c3ncc(F)c(N4CCCC4C(=O)NCC(F)(F)F)n3)n2)cc1.[HH].[HH].[HH].[HH].[HH].[HH]. The van der Waals surface area contributed by atoms with Crippen molar-refractivity contribution in [3.8, 4) is 5.95 Å². The maximum absolute atomic E-state index is 14.6. The van der Waals surface area contributed by atoms with Crippen molar-refractivity contribution in [1.82, 2.24) is 30.0 Å². The summed E-state index contributed by atoms with van der Waals surface area (Å²) in [6.45, 7) is -1.26. The predicted octanol–water partition coefficient (Wildman–Crippen LogP) is 3.23. The Labute approximate surface area is 199 Å². The summed E-state index contributed by atoms with van der Waals surface area (Å²) in [5, 5.41) is 8.94. The lowest BCUT2D eigenvalue weighted by Crippen LogP contribution is -2.46. The van der Waals surface area contributed by atoms with Crippen molar-refractivity contribution >= 4 is 35.0 Å².